The van der Waals surface area contributed by atoms with E-state index in [0.29, 0.717) is 5.56 Å². The van der Waals surface area contributed by atoms with Crippen molar-refractivity contribution in [1.29, 1.82) is 0 Å². The van der Waals surface area contributed by atoms with E-state index in [1.807, 2.05) is 0 Å². The quantitative estimate of drug-likeness (QED) is 0.807. The highest BCUT2D eigenvalue weighted by atomic mass is 19.4. The number of anilines is 1. The molecule has 0 bridgehead atoms. The summed E-state index contributed by atoms with van der Waals surface area (Å²) in [6.45, 7) is -1.99. The second kappa shape index (κ2) is 7.47. The van der Waals surface area contributed by atoms with Crippen LogP contribution in [0.25, 0.3) is 0 Å². The average Bonchev–Trinajstić information content (AvgIpc) is 2.35. The number of aromatic nitrogens is 1. The van der Waals surface area contributed by atoms with Crippen molar-refractivity contribution in [1.82, 2.24) is 4.98 Å². The van der Waals surface area contributed by atoms with Gasteiger partial charge in [-0.25, -0.2) is 4.98 Å². The third kappa shape index (κ3) is 6.72. The fourth-order valence-corrected chi connectivity index (χ4v) is 1.17. The zero-order valence-electron chi connectivity index (χ0n) is 10.3. The summed E-state index contributed by atoms with van der Waals surface area (Å²) in [6.07, 6.45) is -3.05. The molecule has 0 saturated heterocycles. The van der Waals surface area contributed by atoms with E-state index in [0.717, 1.165) is 0 Å². The molecule has 0 atom stereocenters. The molecule has 3 N–H and O–H groups in total. The normalized spacial score (nSPS) is 10.6. The molecule has 0 radical (unpaired) electrons. The number of amides is 1. The van der Waals surface area contributed by atoms with Gasteiger partial charge in [-0.3, -0.25) is 4.79 Å². The van der Waals surface area contributed by atoms with Gasteiger partial charge in [0.15, 0.2) is 0 Å². The Morgan fingerprint density at radius 3 is 2.90 bits per heavy atom. The summed E-state index contributed by atoms with van der Waals surface area (Å²) in [4.78, 5) is 15.2. The van der Waals surface area contributed by atoms with Crippen LogP contribution in [0.5, 0.6) is 0 Å². The third-order valence-corrected chi connectivity index (χ3v) is 1.86. The summed E-state index contributed by atoms with van der Waals surface area (Å²) in [5.74, 6) is 4.80. The van der Waals surface area contributed by atoms with Gasteiger partial charge in [0.2, 0.25) is 0 Å². The van der Waals surface area contributed by atoms with Gasteiger partial charge in [0.1, 0.15) is 19.0 Å². The average molecular weight is 287 g/mol. The Hall–Kier alpha value is -2.11. The SMILES string of the molecule is NCC#Cc1ccnc(NC(=O)COCC(F)(F)F)c1. The molecule has 0 aromatic carbocycles. The second-order valence-electron chi connectivity index (χ2n) is 3.59. The molecule has 1 aromatic heterocycles. The number of ether oxygens (including phenoxy) is 1. The van der Waals surface area contributed by atoms with Gasteiger partial charge in [0.05, 0.1) is 6.54 Å². The van der Waals surface area contributed by atoms with Crippen molar-refractivity contribution < 1.29 is 22.7 Å². The molecule has 0 unspecified atom stereocenters. The van der Waals surface area contributed by atoms with E-state index in [1.165, 1.54) is 12.3 Å². The fourth-order valence-electron chi connectivity index (χ4n) is 1.17. The summed E-state index contributed by atoms with van der Waals surface area (Å²) in [5, 5.41) is 2.30. The summed E-state index contributed by atoms with van der Waals surface area (Å²) >= 11 is 0. The van der Waals surface area contributed by atoms with Crippen LogP contribution in [-0.2, 0) is 9.53 Å². The van der Waals surface area contributed by atoms with E-state index in [2.05, 4.69) is 26.9 Å². The maximum absolute atomic E-state index is 11.8. The van der Waals surface area contributed by atoms with Crippen LogP contribution in [0.2, 0.25) is 0 Å². The molecule has 1 amide bonds. The lowest BCUT2D eigenvalue weighted by molar-refractivity contribution is -0.174. The molecule has 0 fully saturated rings. The van der Waals surface area contributed by atoms with Gasteiger partial charge in [-0.05, 0) is 12.1 Å². The topological polar surface area (TPSA) is 77.2 Å². The van der Waals surface area contributed by atoms with E-state index in [4.69, 9.17) is 5.73 Å². The monoisotopic (exact) mass is 287 g/mol. The predicted molar refractivity (Wildman–Crippen MR) is 65.7 cm³/mol. The van der Waals surface area contributed by atoms with Crippen molar-refractivity contribution >= 4 is 11.7 Å². The molecule has 0 spiro atoms. The lowest BCUT2D eigenvalue weighted by Crippen LogP contribution is -2.24. The maximum Gasteiger partial charge on any atom is 0.411 e. The molecule has 0 aliphatic carbocycles. The van der Waals surface area contributed by atoms with Gasteiger partial charge in [-0.2, -0.15) is 13.2 Å². The number of rotatable bonds is 4. The number of nitrogens with zero attached hydrogens (tertiary/aromatic N) is 1. The van der Waals surface area contributed by atoms with Gasteiger partial charge in [-0.1, -0.05) is 11.8 Å². The van der Waals surface area contributed by atoms with Gasteiger partial charge < -0.3 is 15.8 Å². The summed E-state index contributed by atoms with van der Waals surface area (Å²) < 4.78 is 39.6. The smallest absolute Gasteiger partial charge is 0.362 e. The first-order valence-electron chi connectivity index (χ1n) is 5.50. The van der Waals surface area contributed by atoms with Crippen molar-refractivity contribution in [3.63, 3.8) is 0 Å². The number of halogens is 3. The van der Waals surface area contributed by atoms with Crippen LogP contribution < -0.4 is 11.1 Å². The molecular formula is C12H12F3N3O2. The first-order chi connectivity index (χ1) is 9.40. The molecule has 1 aromatic rings. The standard InChI is InChI=1S/C12H12F3N3O2/c13-12(14,15)8-20-7-11(19)18-10-6-9(2-1-4-16)3-5-17-10/h3,5-6H,4,7-8,16H2,(H,17,18,19). The van der Waals surface area contributed by atoms with E-state index >= 15 is 0 Å². The van der Waals surface area contributed by atoms with E-state index < -0.39 is 25.3 Å². The Kier molecular flexibility index (Phi) is 5.96. The molecule has 0 aliphatic heterocycles. The van der Waals surface area contributed by atoms with Crippen molar-refractivity contribution in [2.45, 2.75) is 6.18 Å². The highest BCUT2D eigenvalue weighted by molar-refractivity contribution is 5.90. The number of pyridine rings is 1. The molecule has 8 heteroatoms. The number of alkyl halides is 3. The molecule has 0 aliphatic rings. The number of carbonyl (C=O) groups excluding carboxylic acids is 1. The van der Waals surface area contributed by atoms with E-state index in [1.54, 1.807) is 6.07 Å². The van der Waals surface area contributed by atoms with Crippen LogP contribution in [0.4, 0.5) is 19.0 Å². The zero-order valence-corrected chi connectivity index (χ0v) is 10.3. The number of nitrogens with two attached hydrogens (primary N) is 1. The van der Waals surface area contributed by atoms with Crippen molar-refractivity contribution in [3.05, 3.63) is 23.9 Å². The molecule has 1 rings (SSSR count). The number of nitrogens with one attached hydrogen (secondary N) is 1. The van der Waals surface area contributed by atoms with Gasteiger partial charge >= 0.3 is 6.18 Å². The minimum Gasteiger partial charge on any atom is -0.362 e. The first kappa shape index (κ1) is 15.9. The minimum absolute atomic E-state index is 0.175. The van der Waals surface area contributed by atoms with Crippen LogP contribution in [0.1, 0.15) is 5.56 Å². The van der Waals surface area contributed by atoms with Gasteiger partial charge in [0.25, 0.3) is 5.91 Å². The van der Waals surface area contributed by atoms with Crippen LogP contribution in [-0.4, -0.2) is 36.8 Å². The summed E-state index contributed by atoms with van der Waals surface area (Å²) in [5.41, 5.74) is 5.80. The Bertz CT molecular complexity index is 521. The second-order valence-corrected chi connectivity index (χ2v) is 3.59. The van der Waals surface area contributed by atoms with Crippen molar-refractivity contribution in [3.8, 4) is 11.8 Å². The maximum atomic E-state index is 11.8. The number of carbonyl (C=O) groups is 1. The highest BCUT2D eigenvalue weighted by Crippen LogP contribution is 2.14. The van der Waals surface area contributed by atoms with Gasteiger partial charge in [-0.15, -0.1) is 0 Å². The Morgan fingerprint density at radius 1 is 1.50 bits per heavy atom. The predicted octanol–water partition coefficient (Wildman–Crippen LogP) is 0.909. The molecular weight excluding hydrogens is 275 g/mol. The molecule has 0 saturated carbocycles. The number of hydrogen-bond acceptors (Lipinski definition) is 4. The first-order valence-corrected chi connectivity index (χ1v) is 5.50. The summed E-state index contributed by atoms with van der Waals surface area (Å²) in [6, 6.07) is 3.09. The zero-order chi connectivity index (χ0) is 15.0. The Labute approximate surface area is 113 Å². The lowest BCUT2D eigenvalue weighted by Gasteiger charge is -2.08. The molecule has 5 nitrogen and oxygen atoms in total. The lowest BCUT2D eigenvalue weighted by atomic mass is 10.2. The Balaban J connectivity index is 2.49. The third-order valence-electron chi connectivity index (χ3n) is 1.86. The fraction of sp³-hybridized carbons (Fsp3) is 0.333. The molecule has 20 heavy (non-hydrogen) atoms. The Morgan fingerprint density at radius 2 is 2.25 bits per heavy atom. The summed E-state index contributed by atoms with van der Waals surface area (Å²) in [7, 11) is 0. The van der Waals surface area contributed by atoms with E-state index in [9.17, 15) is 18.0 Å². The van der Waals surface area contributed by atoms with Crippen LogP contribution in [0, 0.1) is 11.8 Å². The van der Waals surface area contributed by atoms with E-state index in [-0.39, 0.29) is 12.4 Å². The van der Waals surface area contributed by atoms with Crippen molar-refractivity contribution in [2.75, 3.05) is 25.1 Å². The number of hydrogen-bond donors (Lipinski definition) is 2. The van der Waals surface area contributed by atoms with Crippen molar-refractivity contribution in [2.24, 2.45) is 5.73 Å². The van der Waals surface area contributed by atoms with Crippen LogP contribution in [0.15, 0.2) is 18.3 Å². The highest BCUT2D eigenvalue weighted by Gasteiger charge is 2.27. The van der Waals surface area contributed by atoms with Crippen LogP contribution in [0.3, 0.4) is 0 Å². The largest absolute Gasteiger partial charge is 0.411 e. The van der Waals surface area contributed by atoms with Gasteiger partial charge in [0, 0.05) is 11.8 Å². The molecule has 108 valence electrons. The minimum atomic E-state index is -4.46. The van der Waals surface area contributed by atoms with Crippen LogP contribution >= 0.6 is 0 Å². The molecule has 1 heterocycles.